The van der Waals surface area contributed by atoms with E-state index in [0.717, 1.165) is 6.07 Å². The summed E-state index contributed by atoms with van der Waals surface area (Å²) in [5.74, 6) is -0.926. The number of ether oxygens (including phenoxy) is 1. The second kappa shape index (κ2) is 5.44. The third-order valence-electron chi connectivity index (χ3n) is 2.52. The zero-order chi connectivity index (χ0) is 14.8. The van der Waals surface area contributed by atoms with Crippen LogP contribution in [0.1, 0.15) is 24.2 Å². The standard InChI is InChI=1S/C13H19FN2O3/c1-13(2,18)7-16(3)12(17)8-5-9(14)10(15)6-11(8)19-4/h5-6,18H,7,15H2,1-4H3. The van der Waals surface area contributed by atoms with Gasteiger partial charge in [0.15, 0.2) is 0 Å². The maximum atomic E-state index is 13.5. The van der Waals surface area contributed by atoms with Crippen LogP contribution < -0.4 is 10.5 Å². The third kappa shape index (κ3) is 3.82. The minimum absolute atomic E-state index is 0.0703. The number of nitrogens with zero attached hydrogens (tertiary/aromatic N) is 1. The number of likely N-dealkylation sites (N-methyl/N-ethyl adjacent to an activating group) is 1. The van der Waals surface area contributed by atoms with Crippen molar-refractivity contribution in [2.24, 2.45) is 0 Å². The lowest BCUT2D eigenvalue weighted by molar-refractivity contribution is 0.0366. The average molecular weight is 270 g/mol. The normalized spacial score (nSPS) is 11.3. The Labute approximate surface area is 111 Å². The first-order chi connectivity index (χ1) is 8.65. The van der Waals surface area contributed by atoms with Crippen molar-refractivity contribution < 1.29 is 19.0 Å². The van der Waals surface area contributed by atoms with Crippen LogP contribution in [-0.4, -0.2) is 42.2 Å². The van der Waals surface area contributed by atoms with Gasteiger partial charge in [0.1, 0.15) is 11.6 Å². The molecule has 106 valence electrons. The van der Waals surface area contributed by atoms with E-state index in [4.69, 9.17) is 10.5 Å². The molecule has 0 saturated carbocycles. The number of methoxy groups -OCH3 is 1. The molecule has 1 amide bonds. The van der Waals surface area contributed by atoms with Crippen molar-refractivity contribution in [2.75, 3.05) is 26.4 Å². The first-order valence-corrected chi connectivity index (χ1v) is 5.76. The van der Waals surface area contributed by atoms with Crippen LogP contribution in [0, 0.1) is 5.82 Å². The van der Waals surface area contributed by atoms with Gasteiger partial charge in [-0.15, -0.1) is 0 Å². The summed E-state index contributed by atoms with van der Waals surface area (Å²) in [5, 5.41) is 9.69. The first-order valence-electron chi connectivity index (χ1n) is 5.76. The lowest BCUT2D eigenvalue weighted by Crippen LogP contribution is -2.39. The maximum Gasteiger partial charge on any atom is 0.257 e. The summed E-state index contributed by atoms with van der Waals surface area (Å²) in [4.78, 5) is 13.5. The quantitative estimate of drug-likeness (QED) is 0.808. The van der Waals surface area contributed by atoms with E-state index in [1.807, 2.05) is 0 Å². The molecule has 0 aliphatic heterocycles. The van der Waals surface area contributed by atoms with Gasteiger partial charge in [0.05, 0.1) is 24.0 Å². The van der Waals surface area contributed by atoms with Crippen LogP contribution in [0.3, 0.4) is 0 Å². The molecular formula is C13H19FN2O3. The highest BCUT2D eigenvalue weighted by Crippen LogP contribution is 2.25. The van der Waals surface area contributed by atoms with Gasteiger partial charge in [0.25, 0.3) is 5.91 Å². The van der Waals surface area contributed by atoms with Crippen LogP contribution in [0.2, 0.25) is 0 Å². The third-order valence-corrected chi connectivity index (χ3v) is 2.52. The molecule has 0 fully saturated rings. The number of rotatable bonds is 4. The Bertz CT molecular complexity index is 484. The molecule has 0 aromatic heterocycles. The summed E-state index contributed by atoms with van der Waals surface area (Å²) in [6.07, 6.45) is 0. The number of amides is 1. The number of hydrogen-bond donors (Lipinski definition) is 2. The van der Waals surface area contributed by atoms with Crippen LogP contribution in [0.15, 0.2) is 12.1 Å². The van der Waals surface area contributed by atoms with Gasteiger partial charge in [-0.25, -0.2) is 4.39 Å². The van der Waals surface area contributed by atoms with Crippen LogP contribution in [0.25, 0.3) is 0 Å². The van der Waals surface area contributed by atoms with E-state index in [9.17, 15) is 14.3 Å². The zero-order valence-corrected chi connectivity index (χ0v) is 11.5. The number of carbonyl (C=O) groups is 1. The monoisotopic (exact) mass is 270 g/mol. The Kier molecular flexibility index (Phi) is 4.36. The molecule has 1 aromatic carbocycles. The Hall–Kier alpha value is -1.82. The van der Waals surface area contributed by atoms with E-state index >= 15 is 0 Å². The van der Waals surface area contributed by atoms with Gasteiger partial charge in [-0.3, -0.25) is 4.79 Å². The van der Waals surface area contributed by atoms with Crippen molar-refractivity contribution >= 4 is 11.6 Å². The molecule has 3 N–H and O–H groups in total. The molecule has 0 atom stereocenters. The molecule has 6 heteroatoms. The fourth-order valence-corrected chi connectivity index (χ4v) is 1.76. The minimum Gasteiger partial charge on any atom is -0.496 e. The molecule has 0 aliphatic rings. The number of nitrogen functional groups attached to an aromatic ring is 1. The molecule has 0 saturated heterocycles. The smallest absolute Gasteiger partial charge is 0.257 e. The number of aliphatic hydroxyl groups is 1. The van der Waals surface area contributed by atoms with Crippen LogP contribution >= 0.6 is 0 Å². The summed E-state index contributed by atoms with van der Waals surface area (Å²) in [6.45, 7) is 3.27. The van der Waals surface area contributed by atoms with Crippen molar-refractivity contribution in [3.63, 3.8) is 0 Å². The lowest BCUT2D eigenvalue weighted by atomic mass is 10.1. The van der Waals surface area contributed by atoms with Gasteiger partial charge in [0.2, 0.25) is 0 Å². The molecule has 19 heavy (non-hydrogen) atoms. The Morgan fingerprint density at radius 1 is 1.53 bits per heavy atom. The number of benzene rings is 1. The number of carbonyl (C=O) groups excluding carboxylic acids is 1. The number of hydrogen-bond acceptors (Lipinski definition) is 4. The van der Waals surface area contributed by atoms with Crippen LogP contribution in [-0.2, 0) is 0 Å². The molecule has 1 aromatic rings. The lowest BCUT2D eigenvalue weighted by Gasteiger charge is -2.26. The number of halogens is 1. The van der Waals surface area contributed by atoms with Gasteiger partial charge < -0.3 is 20.5 Å². The topological polar surface area (TPSA) is 75.8 Å². The van der Waals surface area contributed by atoms with Crippen LogP contribution in [0.4, 0.5) is 10.1 Å². The van der Waals surface area contributed by atoms with Crippen molar-refractivity contribution in [3.8, 4) is 5.75 Å². The first kappa shape index (κ1) is 15.2. The highest BCUT2D eigenvalue weighted by molar-refractivity contribution is 5.97. The van der Waals surface area contributed by atoms with Crippen LogP contribution in [0.5, 0.6) is 5.75 Å². The summed E-state index contributed by atoms with van der Waals surface area (Å²) in [5.41, 5.74) is 4.37. The van der Waals surface area contributed by atoms with Gasteiger partial charge >= 0.3 is 0 Å². The predicted octanol–water partition coefficient (Wildman–Crippen LogP) is 1.26. The van der Waals surface area contributed by atoms with Crippen molar-refractivity contribution in [2.45, 2.75) is 19.4 Å². The number of anilines is 1. The van der Waals surface area contributed by atoms with E-state index in [0.29, 0.717) is 0 Å². The van der Waals surface area contributed by atoms with Crippen molar-refractivity contribution in [1.29, 1.82) is 0 Å². The molecule has 1 rings (SSSR count). The van der Waals surface area contributed by atoms with Gasteiger partial charge in [-0.2, -0.15) is 0 Å². The van der Waals surface area contributed by atoms with E-state index in [1.165, 1.54) is 25.1 Å². The molecule has 0 spiro atoms. The molecule has 0 unspecified atom stereocenters. The summed E-state index contributed by atoms with van der Waals surface area (Å²) < 4.78 is 18.5. The van der Waals surface area contributed by atoms with E-state index < -0.39 is 17.3 Å². The van der Waals surface area contributed by atoms with Gasteiger partial charge in [-0.1, -0.05) is 0 Å². The second-order valence-electron chi connectivity index (χ2n) is 5.05. The second-order valence-corrected chi connectivity index (χ2v) is 5.05. The highest BCUT2D eigenvalue weighted by Gasteiger charge is 2.23. The maximum absolute atomic E-state index is 13.5. The summed E-state index contributed by atoms with van der Waals surface area (Å²) in [7, 11) is 2.90. The van der Waals surface area contributed by atoms with Crippen molar-refractivity contribution in [1.82, 2.24) is 4.90 Å². The largest absolute Gasteiger partial charge is 0.496 e. The molecule has 5 nitrogen and oxygen atoms in total. The molecular weight excluding hydrogens is 251 g/mol. The molecule has 0 aliphatic carbocycles. The zero-order valence-electron chi connectivity index (χ0n) is 11.5. The van der Waals surface area contributed by atoms with Gasteiger partial charge in [0, 0.05) is 19.7 Å². The molecule has 0 bridgehead atoms. The van der Waals surface area contributed by atoms with E-state index in [2.05, 4.69) is 0 Å². The average Bonchev–Trinajstić information content (AvgIpc) is 2.28. The Morgan fingerprint density at radius 3 is 2.58 bits per heavy atom. The molecule has 0 heterocycles. The SMILES string of the molecule is COc1cc(N)c(F)cc1C(=O)N(C)CC(C)(C)O. The minimum atomic E-state index is -1.04. The predicted molar refractivity (Wildman–Crippen MR) is 70.6 cm³/mol. The summed E-state index contributed by atoms with van der Waals surface area (Å²) in [6, 6.07) is 2.30. The van der Waals surface area contributed by atoms with Gasteiger partial charge in [-0.05, 0) is 19.9 Å². The summed E-state index contributed by atoms with van der Waals surface area (Å²) >= 11 is 0. The Balaban J connectivity index is 3.08. The fourth-order valence-electron chi connectivity index (χ4n) is 1.76. The fraction of sp³-hybridized carbons (Fsp3) is 0.462. The Morgan fingerprint density at radius 2 is 2.11 bits per heavy atom. The molecule has 0 radical (unpaired) electrons. The van der Waals surface area contributed by atoms with E-state index in [1.54, 1.807) is 13.8 Å². The number of nitrogens with two attached hydrogens (primary N) is 1. The van der Waals surface area contributed by atoms with Crippen molar-refractivity contribution in [3.05, 3.63) is 23.5 Å². The van der Waals surface area contributed by atoms with E-state index in [-0.39, 0.29) is 23.5 Å². The highest BCUT2D eigenvalue weighted by atomic mass is 19.1.